The molecule has 0 aliphatic carbocycles. The van der Waals surface area contributed by atoms with Crippen molar-refractivity contribution in [3.63, 3.8) is 0 Å². The van der Waals surface area contributed by atoms with Gasteiger partial charge in [0, 0.05) is 51.1 Å². The van der Waals surface area contributed by atoms with Crippen LogP contribution in [-0.2, 0) is 6.42 Å². The largest absolute Gasteiger partial charge is 0.456 e. The Morgan fingerprint density at radius 2 is 1.05 bits per heavy atom. The second-order valence-electron chi connectivity index (χ2n) is 14.5. The molecule has 0 spiro atoms. The normalized spacial score (nSPS) is 11.6. The number of hydrogen-bond donors (Lipinski definition) is 0. The van der Waals surface area contributed by atoms with Crippen LogP contribution in [0.5, 0.6) is 0 Å². The lowest BCUT2D eigenvalue weighted by atomic mass is 9.95. The Labute approximate surface area is 324 Å². The summed E-state index contributed by atoms with van der Waals surface area (Å²) in [5, 5.41) is 7.22. The summed E-state index contributed by atoms with van der Waals surface area (Å²) in [5.74, 6) is 0. The average molecular weight is 717 g/mol. The number of benzene rings is 9. The summed E-state index contributed by atoms with van der Waals surface area (Å²) < 4.78 is 9.31. The molecule has 0 radical (unpaired) electrons. The number of furan rings is 1. The highest BCUT2D eigenvalue weighted by Crippen LogP contribution is 2.44. The molecule has 0 fully saturated rings. The fourth-order valence-corrected chi connectivity index (χ4v) is 8.74. The van der Waals surface area contributed by atoms with Gasteiger partial charge in [-0.3, -0.25) is 0 Å². The Bertz CT molecular complexity index is 3200. The number of nitrogens with zero attached hydrogens (tertiary/aromatic N) is 2. The van der Waals surface area contributed by atoms with Crippen molar-refractivity contribution < 1.29 is 4.42 Å². The van der Waals surface area contributed by atoms with Crippen LogP contribution >= 0.6 is 0 Å². The SMILES string of the molecule is c1ccc(-c2ccc(N(c3ccccc3)c3cc(Cc4cccc5c6ccccc6n(-c6ccccc6)c45)c4c(c3)oc3ccc5ccccc5c34)cc2)cc1. The van der Waals surface area contributed by atoms with Crippen LogP contribution in [0, 0.1) is 0 Å². The van der Waals surface area contributed by atoms with Crippen molar-refractivity contribution in [1.82, 2.24) is 4.57 Å². The fraction of sp³-hybridized carbons (Fsp3) is 0.0189. The first-order chi connectivity index (χ1) is 27.8. The first kappa shape index (κ1) is 32.1. The van der Waals surface area contributed by atoms with Crippen molar-refractivity contribution >= 4 is 71.6 Å². The summed E-state index contributed by atoms with van der Waals surface area (Å²) in [6.07, 6.45) is 0.707. The van der Waals surface area contributed by atoms with Crippen molar-refractivity contribution in [2.24, 2.45) is 0 Å². The second-order valence-corrected chi connectivity index (χ2v) is 14.5. The molecule has 2 heterocycles. The van der Waals surface area contributed by atoms with Gasteiger partial charge in [0.1, 0.15) is 11.2 Å². The van der Waals surface area contributed by atoms with Gasteiger partial charge in [0.2, 0.25) is 0 Å². The third kappa shape index (κ3) is 5.28. The molecule has 0 saturated heterocycles. The second kappa shape index (κ2) is 13.2. The molecule has 3 heteroatoms. The van der Waals surface area contributed by atoms with Crippen LogP contribution in [-0.4, -0.2) is 4.57 Å². The minimum absolute atomic E-state index is 0.707. The van der Waals surface area contributed by atoms with E-state index in [1.807, 2.05) is 0 Å². The molecule has 0 aliphatic heterocycles. The molecule has 56 heavy (non-hydrogen) atoms. The minimum atomic E-state index is 0.707. The van der Waals surface area contributed by atoms with Crippen molar-refractivity contribution in [3.05, 3.63) is 217 Å². The van der Waals surface area contributed by atoms with E-state index in [1.165, 1.54) is 54.8 Å². The van der Waals surface area contributed by atoms with Crippen molar-refractivity contribution in [1.29, 1.82) is 0 Å². The molecule has 0 N–H and O–H groups in total. The maximum Gasteiger partial charge on any atom is 0.137 e. The number of aromatic nitrogens is 1. The van der Waals surface area contributed by atoms with Gasteiger partial charge in [-0.25, -0.2) is 0 Å². The Morgan fingerprint density at radius 1 is 0.411 bits per heavy atom. The van der Waals surface area contributed by atoms with Gasteiger partial charge in [-0.05, 0) is 87.6 Å². The monoisotopic (exact) mass is 716 g/mol. The Hall–Kier alpha value is -7.36. The topological polar surface area (TPSA) is 21.3 Å². The van der Waals surface area contributed by atoms with Crippen LogP contribution in [0.15, 0.2) is 211 Å². The Balaban J connectivity index is 1.17. The molecule has 11 aromatic rings. The predicted octanol–water partition coefficient (Wildman–Crippen LogP) is 14.6. The van der Waals surface area contributed by atoms with Gasteiger partial charge in [0.25, 0.3) is 0 Å². The maximum absolute atomic E-state index is 6.88. The first-order valence-electron chi connectivity index (χ1n) is 19.2. The molecule has 0 amide bonds. The molecule has 0 bridgehead atoms. The zero-order valence-corrected chi connectivity index (χ0v) is 30.6. The summed E-state index contributed by atoms with van der Waals surface area (Å²) >= 11 is 0. The van der Waals surface area contributed by atoms with E-state index in [2.05, 4.69) is 216 Å². The Morgan fingerprint density at radius 3 is 1.86 bits per heavy atom. The zero-order valence-electron chi connectivity index (χ0n) is 30.6. The van der Waals surface area contributed by atoms with Crippen LogP contribution in [0.25, 0.3) is 71.3 Å². The molecule has 11 rings (SSSR count). The van der Waals surface area contributed by atoms with E-state index in [9.17, 15) is 0 Å². The average Bonchev–Trinajstić information content (AvgIpc) is 3.82. The summed E-state index contributed by atoms with van der Waals surface area (Å²) in [5.41, 5.74) is 13.4. The maximum atomic E-state index is 6.88. The summed E-state index contributed by atoms with van der Waals surface area (Å²) in [4.78, 5) is 2.35. The molecule has 0 atom stereocenters. The third-order valence-electron chi connectivity index (χ3n) is 11.2. The fourth-order valence-electron chi connectivity index (χ4n) is 8.74. The predicted molar refractivity (Wildman–Crippen MR) is 235 cm³/mol. The summed E-state index contributed by atoms with van der Waals surface area (Å²) in [7, 11) is 0. The number of rotatable bonds is 7. The van der Waals surface area contributed by atoms with Crippen LogP contribution in [0.2, 0.25) is 0 Å². The minimum Gasteiger partial charge on any atom is -0.456 e. The van der Waals surface area contributed by atoms with Crippen LogP contribution < -0.4 is 4.90 Å². The zero-order chi connectivity index (χ0) is 37.0. The van der Waals surface area contributed by atoms with E-state index in [4.69, 9.17) is 4.42 Å². The van der Waals surface area contributed by atoms with E-state index >= 15 is 0 Å². The Kier molecular flexibility index (Phi) is 7.56. The van der Waals surface area contributed by atoms with E-state index in [0.29, 0.717) is 6.42 Å². The number of para-hydroxylation sites is 4. The lowest BCUT2D eigenvalue weighted by Crippen LogP contribution is -2.10. The molecule has 0 saturated carbocycles. The lowest BCUT2D eigenvalue weighted by Gasteiger charge is -2.26. The molecule has 0 aliphatic rings. The molecular weight excluding hydrogens is 681 g/mol. The van der Waals surface area contributed by atoms with Crippen LogP contribution in [0.4, 0.5) is 17.1 Å². The number of anilines is 3. The van der Waals surface area contributed by atoms with Gasteiger partial charge in [-0.1, -0.05) is 146 Å². The molecular formula is C53H36N2O. The van der Waals surface area contributed by atoms with Crippen molar-refractivity contribution in [2.45, 2.75) is 6.42 Å². The van der Waals surface area contributed by atoms with Gasteiger partial charge in [-0.15, -0.1) is 0 Å². The van der Waals surface area contributed by atoms with E-state index < -0.39 is 0 Å². The highest BCUT2D eigenvalue weighted by atomic mass is 16.3. The van der Waals surface area contributed by atoms with Gasteiger partial charge in [0.15, 0.2) is 0 Å². The number of fused-ring (bicyclic) bond motifs is 8. The van der Waals surface area contributed by atoms with E-state index in [1.54, 1.807) is 0 Å². The van der Waals surface area contributed by atoms with Gasteiger partial charge < -0.3 is 13.9 Å². The highest BCUT2D eigenvalue weighted by molar-refractivity contribution is 6.20. The smallest absolute Gasteiger partial charge is 0.137 e. The standard InChI is InChI=1S/C53H36N2O/c1-4-15-36(16-5-1)37-27-30-43(31-28-37)54(41-19-6-2-7-20-41)44-34-40(51-50(35-44)56-49-32-29-38-17-10-11-23-45(38)52(49)51)33-39-18-14-25-47-46-24-12-13-26-48(46)55(53(39)47)42-21-8-3-9-22-42/h1-32,34-35H,33H2. The van der Waals surface area contributed by atoms with Gasteiger partial charge in [-0.2, -0.15) is 0 Å². The van der Waals surface area contributed by atoms with Crippen LogP contribution in [0.3, 0.4) is 0 Å². The van der Waals surface area contributed by atoms with E-state index in [0.717, 1.165) is 44.7 Å². The van der Waals surface area contributed by atoms with Gasteiger partial charge in [0.05, 0.1) is 16.7 Å². The van der Waals surface area contributed by atoms with Crippen molar-refractivity contribution in [3.8, 4) is 16.8 Å². The molecule has 2 aromatic heterocycles. The van der Waals surface area contributed by atoms with Crippen molar-refractivity contribution in [2.75, 3.05) is 4.90 Å². The summed E-state index contributed by atoms with van der Waals surface area (Å²) in [6, 6.07) is 74.0. The van der Waals surface area contributed by atoms with E-state index in [-0.39, 0.29) is 0 Å². The molecule has 3 nitrogen and oxygen atoms in total. The quantitative estimate of drug-likeness (QED) is 0.164. The molecule has 0 unspecified atom stereocenters. The molecule has 264 valence electrons. The number of hydrogen-bond acceptors (Lipinski definition) is 2. The lowest BCUT2D eigenvalue weighted by molar-refractivity contribution is 0.669. The highest BCUT2D eigenvalue weighted by Gasteiger charge is 2.22. The first-order valence-corrected chi connectivity index (χ1v) is 19.2. The van der Waals surface area contributed by atoms with Gasteiger partial charge >= 0.3 is 0 Å². The third-order valence-corrected chi connectivity index (χ3v) is 11.2. The van der Waals surface area contributed by atoms with Crippen LogP contribution in [0.1, 0.15) is 11.1 Å². The molecule has 9 aromatic carbocycles. The summed E-state index contributed by atoms with van der Waals surface area (Å²) in [6.45, 7) is 0.